The average molecular weight is 204 g/mol. The minimum absolute atomic E-state index is 0.0611. The highest BCUT2D eigenvalue weighted by Crippen LogP contribution is 2.03. The Morgan fingerprint density at radius 2 is 2.15 bits per heavy atom. The molecule has 0 aromatic carbocycles. The lowest BCUT2D eigenvalue weighted by Crippen LogP contribution is -2.42. The second kappa shape index (κ2) is 7.21. The lowest BCUT2D eigenvalue weighted by atomic mass is 10.2. The second-order valence-corrected chi connectivity index (χ2v) is 4.58. The van der Waals surface area contributed by atoms with E-state index < -0.39 is 6.04 Å². The maximum Gasteiger partial charge on any atom is 0.236 e. The second-order valence-electron chi connectivity index (χ2n) is 3.18. The van der Waals surface area contributed by atoms with Gasteiger partial charge in [0.05, 0.1) is 6.04 Å². The average Bonchev–Trinajstić information content (AvgIpc) is 2.04. The van der Waals surface area contributed by atoms with Crippen molar-refractivity contribution in [3.8, 4) is 0 Å². The van der Waals surface area contributed by atoms with E-state index in [-0.39, 0.29) is 11.9 Å². The molecule has 0 aromatic rings. The van der Waals surface area contributed by atoms with Gasteiger partial charge >= 0.3 is 0 Å². The van der Waals surface area contributed by atoms with Gasteiger partial charge in [-0.05, 0) is 31.8 Å². The van der Waals surface area contributed by atoms with E-state index in [0.29, 0.717) is 0 Å². The molecule has 0 aliphatic rings. The summed E-state index contributed by atoms with van der Waals surface area (Å²) in [4.78, 5) is 11.1. The fraction of sp³-hybridized carbons (Fsp3) is 0.889. The van der Waals surface area contributed by atoms with E-state index in [1.54, 1.807) is 6.92 Å². The van der Waals surface area contributed by atoms with Gasteiger partial charge in [-0.1, -0.05) is 6.92 Å². The minimum Gasteiger partial charge on any atom is -0.352 e. The van der Waals surface area contributed by atoms with Crippen molar-refractivity contribution in [3.63, 3.8) is 0 Å². The number of carbonyl (C=O) groups is 1. The summed E-state index contributed by atoms with van der Waals surface area (Å²) >= 11 is 1.89. The molecule has 2 unspecified atom stereocenters. The van der Waals surface area contributed by atoms with Gasteiger partial charge in [0, 0.05) is 6.04 Å². The SMILES string of the molecule is CCSCCC(C)NC(=O)C(C)N. The van der Waals surface area contributed by atoms with Crippen LogP contribution < -0.4 is 11.1 Å². The first kappa shape index (κ1) is 12.8. The van der Waals surface area contributed by atoms with Gasteiger partial charge in [0.15, 0.2) is 0 Å². The van der Waals surface area contributed by atoms with Crippen LogP contribution in [0.4, 0.5) is 0 Å². The van der Waals surface area contributed by atoms with Crippen LogP contribution in [0.5, 0.6) is 0 Å². The first-order valence-electron chi connectivity index (χ1n) is 4.71. The summed E-state index contributed by atoms with van der Waals surface area (Å²) < 4.78 is 0. The molecule has 0 fully saturated rings. The van der Waals surface area contributed by atoms with Gasteiger partial charge in [0.1, 0.15) is 0 Å². The quantitative estimate of drug-likeness (QED) is 0.634. The molecule has 1 amide bonds. The maximum atomic E-state index is 11.1. The summed E-state index contributed by atoms with van der Waals surface area (Å²) in [6, 6.07) is -0.168. The summed E-state index contributed by atoms with van der Waals surface area (Å²) in [5.74, 6) is 2.17. The van der Waals surface area contributed by atoms with Gasteiger partial charge in [0.2, 0.25) is 5.91 Å². The van der Waals surface area contributed by atoms with Crippen LogP contribution in [0.3, 0.4) is 0 Å². The molecule has 0 aliphatic heterocycles. The molecule has 78 valence electrons. The Bertz CT molecular complexity index is 151. The number of amides is 1. The summed E-state index contributed by atoms with van der Waals surface area (Å²) in [7, 11) is 0. The largest absolute Gasteiger partial charge is 0.352 e. The van der Waals surface area contributed by atoms with E-state index in [1.807, 2.05) is 18.7 Å². The zero-order chi connectivity index (χ0) is 10.3. The zero-order valence-corrected chi connectivity index (χ0v) is 9.49. The molecule has 3 N–H and O–H groups in total. The summed E-state index contributed by atoms with van der Waals surface area (Å²) in [6.07, 6.45) is 1.01. The van der Waals surface area contributed by atoms with Crippen molar-refractivity contribution in [2.45, 2.75) is 39.3 Å². The smallest absolute Gasteiger partial charge is 0.236 e. The van der Waals surface area contributed by atoms with Crippen molar-refractivity contribution in [1.82, 2.24) is 5.32 Å². The molecule has 0 aliphatic carbocycles. The molecule has 3 nitrogen and oxygen atoms in total. The van der Waals surface area contributed by atoms with Gasteiger partial charge in [0.25, 0.3) is 0 Å². The summed E-state index contributed by atoms with van der Waals surface area (Å²) in [5.41, 5.74) is 5.42. The van der Waals surface area contributed by atoms with E-state index in [4.69, 9.17) is 5.73 Å². The molecule has 0 heterocycles. The van der Waals surface area contributed by atoms with Crippen LogP contribution in [0, 0.1) is 0 Å². The Morgan fingerprint density at radius 1 is 1.54 bits per heavy atom. The highest BCUT2D eigenvalue weighted by molar-refractivity contribution is 7.99. The molecule has 0 rings (SSSR count). The predicted molar refractivity (Wildman–Crippen MR) is 58.9 cm³/mol. The van der Waals surface area contributed by atoms with Crippen LogP contribution in [-0.4, -0.2) is 29.5 Å². The molecule has 0 radical (unpaired) electrons. The van der Waals surface area contributed by atoms with Crippen molar-refractivity contribution in [2.24, 2.45) is 5.73 Å². The van der Waals surface area contributed by atoms with Crippen molar-refractivity contribution in [1.29, 1.82) is 0 Å². The first-order chi connectivity index (χ1) is 6.07. The first-order valence-corrected chi connectivity index (χ1v) is 5.87. The van der Waals surface area contributed by atoms with E-state index in [2.05, 4.69) is 12.2 Å². The van der Waals surface area contributed by atoms with Crippen molar-refractivity contribution in [3.05, 3.63) is 0 Å². The van der Waals surface area contributed by atoms with Gasteiger partial charge < -0.3 is 11.1 Å². The molecule has 0 saturated carbocycles. The molecule has 0 saturated heterocycles. The fourth-order valence-corrected chi connectivity index (χ4v) is 1.66. The molecular weight excluding hydrogens is 184 g/mol. The fourth-order valence-electron chi connectivity index (χ4n) is 0.851. The van der Waals surface area contributed by atoms with Crippen LogP contribution in [-0.2, 0) is 4.79 Å². The third-order valence-corrected chi connectivity index (χ3v) is 2.63. The maximum absolute atomic E-state index is 11.1. The summed E-state index contributed by atoms with van der Waals surface area (Å²) in [5, 5.41) is 2.86. The lowest BCUT2D eigenvalue weighted by molar-refractivity contribution is -0.122. The minimum atomic E-state index is -0.402. The molecule has 0 bridgehead atoms. The van der Waals surface area contributed by atoms with Crippen molar-refractivity contribution >= 4 is 17.7 Å². The third kappa shape index (κ3) is 6.90. The number of hydrogen-bond donors (Lipinski definition) is 2. The van der Waals surface area contributed by atoms with Crippen molar-refractivity contribution < 1.29 is 4.79 Å². The van der Waals surface area contributed by atoms with Crippen LogP contribution >= 0.6 is 11.8 Å². The molecule has 4 heteroatoms. The lowest BCUT2D eigenvalue weighted by Gasteiger charge is -2.14. The Kier molecular flexibility index (Phi) is 7.09. The van der Waals surface area contributed by atoms with Crippen LogP contribution in [0.25, 0.3) is 0 Å². The monoisotopic (exact) mass is 204 g/mol. The number of hydrogen-bond acceptors (Lipinski definition) is 3. The Labute approximate surface area is 84.8 Å². The number of thioether (sulfide) groups is 1. The number of nitrogens with one attached hydrogen (secondary N) is 1. The third-order valence-electron chi connectivity index (χ3n) is 1.70. The highest BCUT2D eigenvalue weighted by atomic mass is 32.2. The Balaban J connectivity index is 3.50. The number of carbonyl (C=O) groups excluding carboxylic acids is 1. The van der Waals surface area contributed by atoms with Gasteiger partial charge in [-0.15, -0.1) is 0 Å². The Morgan fingerprint density at radius 3 is 2.62 bits per heavy atom. The number of nitrogens with two attached hydrogens (primary N) is 1. The van der Waals surface area contributed by atoms with Gasteiger partial charge in [-0.3, -0.25) is 4.79 Å². The molecule has 0 spiro atoms. The molecule has 13 heavy (non-hydrogen) atoms. The number of rotatable bonds is 6. The topological polar surface area (TPSA) is 55.1 Å². The van der Waals surface area contributed by atoms with E-state index in [1.165, 1.54) is 0 Å². The van der Waals surface area contributed by atoms with Crippen LogP contribution in [0.15, 0.2) is 0 Å². The van der Waals surface area contributed by atoms with Crippen LogP contribution in [0.2, 0.25) is 0 Å². The highest BCUT2D eigenvalue weighted by Gasteiger charge is 2.10. The van der Waals surface area contributed by atoms with Gasteiger partial charge in [-0.2, -0.15) is 11.8 Å². The normalized spacial score (nSPS) is 15.1. The Hall–Kier alpha value is -0.220. The van der Waals surface area contributed by atoms with E-state index in [0.717, 1.165) is 17.9 Å². The molecular formula is C9H20N2OS. The standard InChI is InChI=1S/C9H20N2OS/c1-4-13-6-5-7(2)11-9(12)8(3)10/h7-8H,4-6,10H2,1-3H3,(H,11,12). The molecule has 2 atom stereocenters. The zero-order valence-electron chi connectivity index (χ0n) is 8.67. The van der Waals surface area contributed by atoms with Crippen molar-refractivity contribution in [2.75, 3.05) is 11.5 Å². The predicted octanol–water partition coefficient (Wildman–Crippen LogP) is 0.981. The van der Waals surface area contributed by atoms with E-state index >= 15 is 0 Å². The van der Waals surface area contributed by atoms with Gasteiger partial charge in [-0.25, -0.2) is 0 Å². The summed E-state index contributed by atoms with van der Waals surface area (Å²) in [6.45, 7) is 5.84. The molecule has 0 aromatic heterocycles. The van der Waals surface area contributed by atoms with E-state index in [9.17, 15) is 4.79 Å². The van der Waals surface area contributed by atoms with Crippen LogP contribution in [0.1, 0.15) is 27.2 Å².